The van der Waals surface area contributed by atoms with Crippen LogP contribution in [0.25, 0.3) is 10.8 Å². The lowest BCUT2D eigenvalue weighted by Gasteiger charge is -2.25. The maximum Gasteiger partial charge on any atom is 0.278 e. The normalized spacial score (nSPS) is 15.0. The van der Waals surface area contributed by atoms with Crippen LogP contribution in [0.2, 0.25) is 0 Å². The molecule has 8 heteroatoms. The van der Waals surface area contributed by atoms with Gasteiger partial charge < -0.3 is 0 Å². The third-order valence-corrected chi connectivity index (χ3v) is 6.03. The average Bonchev–Trinajstić information content (AvgIpc) is 3.17. The van der Waals surface area contributed by atoms with Gasteiger partial charge in [0.25, 0.3) is 11.5 Å². The van der Waals surface area contributed by atoms with Gasteiger partial charge in [0.15, 0.2) is 10.8 Å². The summed E-state index contributed by atoms with van der Waals surface area (Å²) < 4.78 is 1.39. The number of hydrogen-bond acceptors (Lipinski definition) is 6. The molecule has 7 nitrogen and oxygen atoms in total. The summed E-state index contributed by atoms with van der Waals surface area (Å²) in [6.07, 6.45) is 3.77. The summed E-state index contributed by atoms with van der Waals surface area (Å²) in [4.78, 5) is 32.8. The molecule has 1 aliphatic rings. The van der Waals surface area contributed by atoms with Crippen molar-refractivity contribution in [2.24, 2.45) is 5.92 Å². The lowest BCUT2D eigenvalue weighted by atomic mass is 10.1. The van der Waals surface area contributed by atoms with Crippen LogP contribution < -0.4 is 10.9 Å². The number of fused-ring (bicyclic) bond motifs is 1. The molecule has 1 N–H and O–H groups in total. The fourth-order valence-corrected chi connectivity index (χ4v) is 4.51. The number of carbonyl (C=O) groups excluding carboxylic acids is 1. The number of amides is 1. The van der Waals surface area contributed by atoms with Gasteiger partial charge in [0.05, 0.1) is 11.1 Å². The molecule has 2 aromatic heterocycles. The predicted molar refractivity (Wildman–Crippen MR) is 120 cm³/mol. The minimum absolute atomic E-state index is 0.172. The molecular formula is C22H27N5O2S. The Bertz CT molecular complexity index is 1100. The van der Waals surface area contributed by atoms with Gasteiger partial charge in [0, 0.05) is 23.9 Å². The first-order valence-corrected chi connectivity index (χ1v) is 11.4. The lowest BCUT2D eigenvalue weighted by Crippen LogP contribution is -2.29. The number of nitrogens with zero attached hydrogens (tertiary/aromatic N) is 4. The van der Waals surface area contributed by atoms with Crippen LogP contribution in [0, 0.1) is 5.92 Å². The maximum absolute atomic E-state index is 13.0. The van der Waals surface area contributed by atoms with Gasteiger partial charge >= 0.3 is 0 Å². The van der Waals surface area contributed by atoms with Crippen molar-refractivity contribution in [2.75, 3.05) is 18.4 Å². The summed E-state index contributed by atoms with van der Waals surface area (Å²) in [7, 11) is 0. The Morgan fingerprint density at radius 3 is 2.63 bits per heavy atom. The lowest BCUT2D eigenvalue weighted by molar-refractivity contribution is 0.102. The van der Waals surface area contributed by atoms with Gasteiger partial charge in [-0.3, -0.25) is 19.8 Å². The summed E-state index contributed by atoms with van der Waals surface area (Å²) in [5.74, 6) is -0.105. The molecule has 1 aliphatic heterocycles. The molecule has 0 radical (unpaired) electrons. The second kappa shape index (κ2) is 9.06. The second-order valence-corrected chi connectivity index (χ2v) is 9.07. The molecule has 0 unspecified atom stereocenters. The smallest absolute Gasteiger partial charge is 0.278 e. The molecule has 3 heterocycles. The Morgan fingerprint density at radius 2 is 1.90 bits per heavy atom. The highest BCUT2D eigenvalue weighted by atomic mass is 32.1. The molecule has 0 saturated carbocycles. The van der Waals surface area contributed by atoms with Crippen LogP contribution in [0.5, 0.6) is 0 Å². The number of thiazole rings is 1. The molecule has 0 atom stereocenters. The number of rotatable bonds is 6. The zero-order chi connectivity index (χ0) is 21.1. The Hall–Kier alpha value is -2.58. The first-order valence-electron chi connectivity index (χ1n) is 10.5. The van der Waals surface area contributed by atoms with E-state index in [0.717, 1.165) is 25.3 Å². The second-order valence-electron chi connectivity index (χ2n) is 8.21. The number of anilines is 1. The van der Waals surface area contributed by atoms with Crippen molar-refractivity contribution in [3.8, 4) is 0 Å². The summed E-state index contributed by atoms with van der Waals surface area (Å²) in [5.41, 5.74) is 1.05. The van der Waals surface area contributed by atoms with Crippen LogP contribution in [0.4, 0.5) is 5.13 Å². The van der Waals surface area contributed by atoms with E-state index in [-0.39, 0.29) is 23.1 Å². The van der Waals surface area contributed by atoms with Crippen LogP contribution in [-0.2, 0) is 13.1 Å². The third kappa shape index (κ3) is 4.60. The van der Waals surface area contributed by atoms with E-state index in [0.29, 0.717) is 22.4 Å². The predicted octanol–water partition coefficient (Wildman–Crippen LogP) is 3.75. The molecule has 30 heavy (non-hydrogen) atoms. The monoisotopic (exact) mass is 425 g/mol. The first-order chi connectivity index (χ1) is 14.5. The number of benzene rings is 1. The molecule has 1 fully saturated rings. The van der Waals surface area contributed by atoms with Crippen molar-refractivity contribution >= 4 is 33.1 Å². The molecule has 0 bridgehead atoms. The average molecular weight is 426 g/mol. The zero-order valence-electron chi connectivity index (χ0n) is 17.4. The Balaban J connectivity index is 1.57. The molecule has 1 aromatic carbocycles. The molecule has 1 saturated heterocycles. The van der Waals surface area contributed by atoms with Gasteiger partial charge in [-0.1, -0.05) is 38.5 Å². The van der Waals surface area contributed by atoms with Gasteiger partial charge in [-0.15, -0.1) is 11.3 Å². The van der Waals surface area contributed by atoms with E-state index >= 15 is 0 Å². The van der Waals surface area contributed by atoms with Gasteiger partial charge in [-0.05, 0) is 37.9 Å². The van der Waals surface area contributed by atoms with Crippen LogP contribution in [0.15, 0.2) is 34.4 Å². The van der Waals surface area contributed by atoms with Crippen molar-refractivity contribution in [1.82, 2.24) is 19.7 Å². The van der Waals surface area contributed by atoms with Crippen molar-refractivity contribution in [3.05, 3.63) is 51.4 Å². The molecule has 158 valence electrons. The Kier molecular flexibility index (Phi) is 6.24. The largest absolute Gasteiger partial charge is 0.297 e. The number of hydrogen-bond donors (Lipinski definition) is 1. The van der Waals surface area contributed by atoms with Crippen molar-refractivity contribution < 1.29 is 4.79 Å². The van der Waals surface area contributed by atoms with E-state index in [1.54, 1.807) is 18.2 Å². The number of aromatic nitrogens is 3. The fourth-order valence-electron chi connectivity index (χ4n) is 3.81. The van der Waals surface area contributed by atoms with Crippen LogP contribution in [0.3, 0.4) is 0 Å². The number of nitrogens with one attached hydrogen (secondary N) is 1. The maximum atomic E-state index is 13.0. The van der Waals surface area contributed by atoms with Crippen LogP contribution in [-0.4, -0.2) is 38.7 Å². The van der Waals surface area contributed by atoms with E-state index in [1.807, 2.05) is 25.3 Å². The van der Waals surface area contributed by atoms with Gasteiger partial charge in [-0.25, -0.2) is 9.67 Å². The van der Waals surface area contributed by atoms with Crippen molar-refractivity contribution in [3.63, 3.8) is 0 Å². The highest BCUT2D eigenvalue weighted by Gasteiger charge is 2.19. The van der Waals surface area contributed by atoms with Gasteiger partial charge in [-0.2, -0.15) is 5.10 Å². The molecule has 0 spiro atoms. The van der Waals surface area contributed by atoms with Crippen LogP contribution >= 0.6 is 11.3 Å². The Morgan fingerprint density at radius 1 is 1.17 bits per heavy atom. The van der Waals surface area contributed by atoms with Gasteiger partial charge in [0.1, 0.15) is 0 Å². The summed E-state index contributed by atoms with van der Waals surface area (Å²) in [6.45, 7) is 7.51. The summed E-state index contributed by atoms with van der Waals surface area (Å²) in [5, 5.41) is 10.9. The third-order valence-electron chi connectivity index (χ3n) is 5.23. The number of likely N-dealkylation sites (tertiary alicyclic amines) is 1. The molecule has 3 aromatic rings. The fraction of sp³-hybridized carbons (Fsp3) is 0.455. The van der Waals surface area contributed by atoms with E-state index in [4.69, 9.17) is 0 Å². The van der Waals surface area contributed by atoms with Crippen LogP contribution in [0.1, 0.15) is 49.3 Å². The highest BCUT2D eigenvalue weighted by molar-refractivity contribution is 7.14. The first kappa shape index (κ1) is 20.7. The minimum Gasteiger partial charge on any atom is -0.297 e. The Labute approximate surface area is 179 Å². The topological polar surface area (TPSA) is 80.1 Å². The SMILES string of the molecule is CC(C)Cn1nc(C(=O)Nc2nc(CN3CCCCC3)cs2)c2ccccc2c1=O. The molecule has 1 amide bonds. The molecule has 0 aliphatic carbocycles. The molecule has 4 rings (SSSR count). The standard InChI is InChI=1S/C22H27N5O2S/c1-15(2)12-27-21(29)18-9-5-4-8-17(18)19(25-27)20(28)24-22-23-16(14-30-22)13-26-10-6-3-7-11-26/h4-5,8-9,14-15H,3,6-7,10-13H2,1-2H3,(H,23,24,28). The number of carbonyl (C=O) groups is 1. The highest BCUT2D eigenvalue weighted by Crippen LogP contribution is 2.21. The quantitative estimate of drug-likeness (QED) is 0.651. The van der Waals surface area contributed by atoms with E-state index in [2.05, 4.69) is 20.3 Å². The van der Waals surface area contributed by atoms with Gasteiger partial charge in [0.2, 0.25) is 0 Å². The van der Waals surface area contributed by atoms with Crippen molar-refractivity contribution in [1.29, 1.82) is 0 Å². The van der Waals surface area contributed by atoms with Crippen molar-refractivity contribution in [2.45, 2.75) is 46.2 Å². The summed E-state index contributed by atoms with van der Waals surface area (Å²) >= 11 is 1.42. The molecular weight excluding hydrogens is 398 g/mol. The van der Waals surface area contributed by atoms with E-state index < -0.39 is 0 Å². The number of piperidine rings is 1. The minimum atomic E-state index is -0.345. The van der Waals surface area contributed by atoms with E-state index in [9.17, 15) is 9.59 Å². The zero-order valence-corrected chi connectivity index (χ0v) is 18.2. The van der Waals surface area contributed by atoms with E-state index in [1.165, 1.54) is 35.3 Å². The summed E-state index contributed by atoms with van der Waals surface area (Å²) in [6, 6.07) is 7.13.